The zero-order valence-electron chi connectivity index (χ0n) is 10.7. The molecule has 0 saturated carbocycles. The van der Waals surface area contributed by atoms with Gasteiger partial charge in [0.05, 0.1) is 6.04 Å². The fraction of sp³-hybridized carbons (Fsp3) is 0.462. The minimum Gasteiger partial charge on any atom is -0.354 e. The van der Waals surface area contributed by atoms with Gasteiger partial charge in [-0.05, 0) is 43.0 Å². The highest BCUT2D eigenvalue weighted by Crippen LogP contribution is 2.10. The fourth-order valence-electron chi connectivity index (χ4n) is 1.58. The maximum atomic E-state index is 12.9. The van der Waals surface area contributed by atoms with E-state index in [-0.39, 0.29) is 24.1 Å². The minimum absolute atomic E-state index is 0. The van der Waals surface area contributed by atoms with Crippen LogP contribution in [0.3, 0.4) is 0 Å². The molecule has 0 aliphatic carbocycles. The van der Waals surface area contributed by atoms with Crippen molar-refractivity contribution < 1.29 is 9.18 Å². The zero-order chi connectivity index (χ0) is 12.8. The van der Waals surface area contributed by atoms with Crippen LogP contribution in [0.4, 0.5) is 4.39 Å². The van der Waals surface area contributed by atoms with Gasteiger partial charge < -0.3 is 11.1 Å². The molecule has 0 bridgehead atoms. The summed E-state index contributed by atoms with van der Waals surface area (Å²) in [5, 5.41) is 2.77. The minimum atomic E-state index is -0.440. The molecule has 0 aliphatic rings. The lowest BCUT2D eigenvalue weighted by Gasteiger charge is -2.11. The first-order valence-corrected chi connectivity index (χ1v) is 5.83. The topological polar surface area (TPSA) is 55.1 Å². The normalized spacial score (nSPS) is 11.6. The predicted octanol–water partition coefficient (Wildman–Crippen LogP) is 1.95. The van der Waals surface area contributed by atoms with Crippen molar-refractivity contribution in [1.82, 2.24) is 5.32 Å². The van der Waals surface area contributed by atoms with Crippen LogP contribution >= 0.6 is 12.4 Å². The molecule has 3 N–H and O–H groups in total. The van der Waals surface area contributed by atoms with Gasteiger partial charge in [-0.1, -0.05) is 13.0 Å². The SMILES string of the molecule is CC[C@H](N)C(=O)NCCc1ccc(F)cc1C.Cl. The van der Waals surface area contributed by atoms with Crippen molar-refractivity contribution in [1.29, 1.82) is 0 Å². The number of nitrogens with one attached hydrogen (secondary N) is 1. The van der Waals surface area contributed by atoms with E-state index in [1.165, 1.54) is 12.1 Å². The summed E-state index contributed by atoms with van der Waals surface area (Å²) >= 11 is 0. The summed E-state index contributed by atoms with van der Waals surface area (Å²) in [5.74, 6) is -0.365. The van der Waals surface area contributed by atoms with Crippen LogP contribution in [0.25, 0.3) is 0 Å². The van der Waals surface area contributed by atoms with Gasteiger partial charge in [0, 0.05) is 6.54 Å². The number of hydrogen-bond donors (Lipinski definition) is 2. The van der Waals surface area contributed by atoms with Crippen molar-refractivity contribution in [3.63, 3.8) is 0 Å². The molecule has 18 heavy (non-hydrogen) atoms. The molecule has 0 aliphatic heterocycles. The van der Waals surface area contributed by atoms with Crippen molar-refractivity contribution in [3.05, 3.63) is 35.1 Å². The van der Waals surface area contributed by atoms with Crippen LogP contribution < -0.4 is 11.1 Å². The highest BCUT2D eigenvalue weighted by Gasteiger charge is 2.09. The van der Waals surface area contributed by atoms with Crippen molar-refractivity contribution in [2.24, 2.45) is 5.73 Å². The Morgan fingerprint density at radius 3 is 2.72 bits per heavy atom. The van der Waals surface area contributed by atoms with E-state index in [9.17, 15) is 9.18 Å². The van der Waals surface area contributed by atoms with Gasteiger partial charge in [0.2, 0.25) is 5.91 Å². The molecule has 1 amide bonds. The molecule has 1 rings (SSSR count). The van der Waals surface area contributed by atoms with E-state index in [2.05, 4.69) is 5.32 Å². The molecule has 1 atom stereocenters. The van der Waals surface area contributed by atoms with E-state index in [0.717, 1.165) is 11.1 Å². The Morgan fingerprint density at radius 2 is 2.17 bits per heavy atom. The van der Waals surface area contributed by atoms with Gasteiger partial charge in [-0.15, -0.1) is 12.4 Å². The number of amides is 1. The van der Waals surface area contributed by atoms with Gasteiger partial charge >= 0.3 is 0 Å². The Balaban J connectivity index is 0.00000289. The zero-order valence-corrected chi connectivity index (χ0v) is 11.5. The number of benzene rings is 1. The van der Waals surface area contributed by atoms with Gasteiger partial charge in [-0.25, -0.2) is 4.39 Å². The Kier molecular flexibility index (Phi) is 7.55. The van der Waals surface area contributed by atoms with Crippen LogP contribution in [-0.4, -0.2) is 18.5 Å². The number of nitrogens with two attached hydrogens (primary N) is 1. The molecular weight excluding hydrogens is 255 g/mol. The second-order valence-corrected chi connectivity index (χ2v) is 4.13. The highest BCUT2D eigenvalue weighted by atomic mass is 35.5. The summed E-state index contributed by atoms with van der Waals surface area (Å²) in [4.78, 5) is 11.4. The van der Waals surface area contributed by atoms with Crippen molar-refractivity contribution in [2.75, 3.05) is 6.54 Å². The second kappa shape index (κ2) is 8.06. The molecule has 102 valence electrons. The molecule has 0 fully saturated rings. The number of aryl methyl sites for hydroxylation is 1. The monoisotopic (exact) mass is 274 g/mol. The Morgan fingerprint density at radius 1 is 1.50 bits per heavy atom. The summed E-state index contributed by atoms with van der Waals surface area (Å²) < 4.78 is 12.9. The molecule has 0 heterocycles. The highest BCUT2D eigenvalue weighted by molar-refractivity contribution is 5.85. The largest absolute Gasteiger partial charge is 0.354 e. The van der Waals surface area contributed by atoms with E-state index < -0.39 is 6.04 Å². The molecular formula is C13H20ClFN2O. The third-order valence-electron chi connectivity index (χ3n) is 2.77. The van der Waals surface area contributed by atoms with Crippen LogP contribution in [0.2, 0.25) is 0 Å². The summed E-state index contributed by atoms with van der Waals surface area (Å²) in [6.07, 6.45) is 1.32. The third kappa shape index (κ3) is 5.02. The quantitative estimate of drug-likeness (QED) is 0.862. The molecule has 0 saturated heterocycles. The number of halogens is 2. The Hall–Kier alpha value is -1.13. The van der Waals surface area contributed by atoms with Crippen LogP contribution in [0.5, 0.6) is 0 Å². The van der Waals surface area contributed by atoms with E-state index >= 15 is 0 Å². The maximum Gasteiger partial charge on any atom is 0.236 e. The van der Waals surface area contributed by atoms with E-state index in [0.29, 0.717) is 19.4 Å². The average Bonchev–Trinajstić information content (AvgIpc) is 2.30. The standard InChI is InChI=1S/C13H19FN2O.ClH/c1-3-12(15)13(17)16-7-6-10-4-5-11(14)8-9(10)2;/h4-5,8,12H,3,6-7,15H2,1-2H3,(H,16,17);1H/t12-;/m0./s1. The number of hydrogen-bond acceptors (Lipinski definition) is 2. The van der Waals surface area contributed by atoms with E-state index in [4.69, 9.17) is 5.73 Å². The van der Waals surface area contributed by atoms with Crippen molar-refractivity contribution >= 4 is 18.3 Å². The number of carbonyl (C=O) groups is 1. The van der Waals surface area contributed by atoms with Crippen molar-refractivity contribution in [3.8, 4) is 0 Å². The molecule has 0 unspecified atom stereocenters. The molecule has 0 spiro atoms. The molecule has 3 nitrogen and oxygen atoms in total. The summed E-state index contributed by atoms with van der Waals surface area (Å²) in [6, 6.07) is 4.23. The fourth-order valence-corrected chi connectivity index (χ4v) is 1.58. The van der Waals surface area contributed by atoms with Crippen LogP contribution in [0.1, 0.15) is 24.5 Å². The average molecular weight is 275 g/mol. The molecule has 5 heteroatoms. The van der Waals surface area contributed by atoms with E-state index in [1.54, 1.807) is 6.07 Å². The van der Waals surface area contributed by atoms with E-state index in [1.807, 2.05) is 13.8 Å². The lowest BCUT2D eigenvalue weighted by Crippen LogP contribution is -2.40. The third-order valence-corrected chi connectivity index (χ3v) is 2.77. The van der Waals surface area contributed by atoms with Crippen molar-refractivity contribution in [2.45, 2.75) is 32.7 Å². The van der Waals surface area contributed by atoms with Gasteiger partial charge in [0.15, 0.2) is 0 Å². The first-order valence-electron chi connectivity index (χ1n) is 5.83. The predicted molar refractivity (Wildman–Crippen MR) is 73.4 cm³/mol. The molecule has 1 aromatic carbocycles. The first kappa shape index (κ1) is 16.9. The maximum absolute atomic E-state index is 12.9. The smallest absolute Gasteiger partial charge is 0.236 e. The second-order valence-electron chi connectivity index (χ2n) is 4.13. The Labute approximate surface area is 113 Å². The van der Waals surface area contributed by atoms with Crippen LogP contribution in [0, 0.1) is 12.7 Å². The summed E-state index contributed by atoms with van der Waals surface area (Å²) in [5.41, 5.74) is 7.52. The van der Waals surface area contributed by atoms with Gasteiger partial charge in [0.1, 0.15) is 5.82 Å². The summed E-state index contributed by atoms with van der Waals surface area (Å²) in [7, 11) is 0. The first-order chi connectivity index (χ1) is 8.04. The molecule has 0 radical (unpaired) electrons. The molecule has 0 aromatic heterocycles. The lowest BCUT2D eigenvalue weighted by molar-refractivity contribution is -0.122. The summed E-state index contributed by atoms with van der Waals surface area (Å²) in [6.45, 7) is 4.26. The van der Waals surface area contributed by atoms with Gasteiger partial charge in [-0.3, -0.25) is 4.79 Å². The van der Waals surface area contributed by atoms with Gasteiger partial charge in [-0.2, -0.15) is 0 Å². The number of carbonyl (C=O) groups excluding carboxylic acids is 1. The number of rotatable bonds is 5. The molecule has 1 aromatic rings. The lowest BCUT2D eigenvalue weighted by atomic mass is 10.1. The van der Waals surface area contributed by atoms with Gasteiger partial charge in [0.25, 0.3) is 0 Å². The Bertz CT molecular complexity index is 399. The van der Waals surface area contributed by atoms with Crippen LogP contribution in [0.15, 0.2) is 18.2 Å². The van der Waals surface area contributed by atoms with Crippen LogP contribution in [-0.2, 0) is 11.2 Å².